The van der Waals surface area contributed by atoms with Crippen LogP contribution in [-0.2, 0) is 11.2 Å². The average Bonchev–Trinajstić information content (AvgIpc) is 2.16. The van der Waals surface area contributed by atoms with Gasteiger partial charge < -0.3 is 5.11 Å². The Morgan fingerprint density at radius 3 is 2.12 bits per heavy atom. The molecule has 0 amide bonds. The van der Waals surface area contributed by atoms with E-state index in [0.717, 1.165) is 6.42 Å². The van der Waals surface area contributed by atoms with E-state index in [1.165, 1.54) is 5.56 Å². The summed E-state index contributed by atoms with van der Waals surface area (Å²) in [4.78, 5) is 11.2. The maximum Gasteiger partial charge on any atom is 0.309 e. The molecule has 0 saturated heterocycles. The molecule has 0 radical (unpaired) electrons. The Hall–Kier alpha value is -1.31. The Balaban J connectivity index is 2.73. The molecule has 2 heteroatoms. The molecule has 0 aromatic heterocycles. The molecule has 0 heterocycles. The minimum Gasteiger partial charge on any atom is -0.481 e. The molecule has 0 spiro atoms. The van der Waals surface area contributed by atoms with Gasteiger partial charge in [-0.1, -0.05) is 44.2 Å². The lowest BCUT2D eigenvalue weighted by Crippen LogP contribution is -2.31. The van der Waals surface area contributed by atoms with Crippen molar-refractivity contribution in [3.8, 4) is 0 Å². The first-order chi connectivity index (χ1) is 7.73. The summed E-state index contributed by atoms with van der Waals surface area (Å²) in [5.74, 6) is -0.723. The first-order valence-electron chi connectivity index (χ1n) is 6.00. The van der Waals surface area contributed by atoms with Crippen molar-refractivity contribution in [3.63, 3.8) is 0 Å². The molecule has 17 heavy (non-hydrogen) atoms. The van der Waals surface area contributed by atoms with E-state index in [-0.39, 0.29) is 5.41 Å². The number of carbonyl (C=O) groups is 1. The second-order valence-corrected chi connectivity index (χ2v) is 6.19. The van der Waals surface area contributed by atoms with Crippen LogP contribution in [0.1, 0.15) is 39.7 Å². The van der Waals surface area contributed by atoms with Crippen molar-refractivity contribution >= 4 is 5.97 Å². The summed E-state index contributed by atoms with van der Waals surface area (Å²) in [7, 11) is 0. The van der Waals surface area contributed by atoms with Crippen LogP contribution in [0.4, 0.5) is 0 Å². The summed E-state index contributed by atoms with van der Waals surface area (Å²) in [6.45, 7) is 7.85. The number of hydrogen-bond acceptors (Lipinski definition) is 1. The molecule has 1 aromatic carbocycles. The van der Waals surface area contributed by atoms with Crippen LogP contribution in [0.15, 0.2) is 30.3 Å². The monoisotopic (exact) mass is 234 g/mol. The largest absolute Gasteiger partial charge is 0.481 e. The Kier molecular flexibility index (Phi) is 3.97. The van der Waals surface area contributed by atoms with Gasteiger partial charge in [0.2, 0.25) is 0 Å². The number of carboxylic acids is 1. The number of benzene rings is 1. The van der Waals surface area contributed by atoms with Crippen LogP contribution in [0.3, 0.4) is 0 Å². The number of aliphatic carboxylic acids is 1. The second-order valence-electron chi connectivity index (χ2n) is 6.19. The summed E-state index contributed by atoms with van der Waals surface area (Å²) in [6, 6.07) is 10.2. The number of rotatable bonds is 5. The van der Waals surface area contributed by atoms with Gasteiger partial charge in [-0.15, -0.1) is 0 Å². The van der Waals surface area contributed by atoms with Gasteiger partial charge >= 0.3 is 5.97 Å². The van der Waals surface area contributed by atoms with E-state index >= 15 is 0 Å². The molecule has 1 N–H and O–H groups in total. The van der Waals surface area contributed by atoms with Crippen molar-refractivity contribution in [1.82, 2.24) is 0 Å². The van der Waals surface area contributed by atoms with Gasteiger partial charge in [-0.05, 0) is 37.7 Å². The fourth-order valence-corrected chi connectivity index (χ4v) is 2.48. The molecule has 0 unspecified atom stereocenters. The predicted octanol–water partition coefficient (Wildman–Crippen LogP) is 3.76. The van der Waals surface area contributed by atoms with Crippen LogP contribution in [0, 0.1) is 10.8 Å². The minimum absolute atomic E-state index is 0.0107. The van der Waals surface area contributed by atoms with Gasteiger partial charge in [0.25, 0.3) is 0 Å². The van der Waals surface area contributed by atoms with Gasteiger partial charge in [0.05, 0.1) is 5.41 Å². The normalized spacial score (nSPS) is 12.5. The lowest BCUT2D eigenvalue weighted by atomic mass is 9.72. The van der Waals surface area contributed by atoms with Gasteiger partial charge in [0.1, 0.15) is 0 Å². The molecule has 0 atom stereocenters. The smallest absolute Gasteiger partial charge is 0.309 e. The van der Waals surface area contributed by atoms with E-state index in [1.54, 1.807) is 13.8 Å². The van der Waals surface area contributed by atoms with Crippen molar-refractivity contribution < 1.29 is 9.90 Å². The Morgan fingerprint density at radius 1 is 1.12 bits per heavy atom. The molecule has 1 aromatic rings. The maximum absolute atomic E-state index is 11.2. The van der Waals surface area contributed by atoms with E-state index in [1.807, 2.05) is 18.2 Å². The zero-order valence-corrected chi connectivity index (χ0v) is 11.2. The van der Waals surface area contributed by atoms with Crippen molar-refractivity contribution in [2.24, 2.45) is 10.8 Å². The van der Waals surface area contributed by atoms with Crippen LogP contribution in [0.25, 0.3) is 0 Å². The van der Waals surface area contributed by atoms with Crippen LogP contribution < -0.4 is 0 Å². The first kappa shape index (κ1) is 13.8. The topological polar surface area (TPSA) is 37.3 Å². The quantitative estimate of drug-likeness (QED) is 0.842. The van der Waals surface area contributed by atoms with E-state index in [4.69, 9.17) is 0 Å². The van der Waals surface area contributed by atoms with Gasteiger partial charge in [-0.3, -0.25) is 4.79 Å². The Morgan fingerprint density at radius 2 is 1.65 bits per heavy atom. The molecule has 0 aliphatic heterocycles. The molecule has 0 aliphatic rings. The summed E-state index contributed by atoms with van der Waals surface area (Å²) in [6.07, 6.45) is 1.58. The van der Waals surface area contributed by atoms with E-state index in [2.05, 4.69) is 26.0 Å². The summed E-state index contributed by atoms with van der Waals surface area (Å²) in [5.41, 5.74) is 0.584. The standard InChI is InChI=1S/C15H22O2/c1-14(2,11-15(3,4)13(16)17)10-12-8-6-5-7-9-12/h5-9H,10-11H2,1-4H3,(H,16,17). The first-order valence-corrected chi connectivity index (χ1v) is 6.00. The average molecular weight is 234 g/mol. The molecule has 1 rings (SSSR count). The zero-order chi connectivity index (χ0) is 13.1. The lowest BCUT2D eigenvalue weighted by molar-refractivity contribution is -0.148. The number of hydrogen-bond donors (Lipinski definition) is 1. The Labute approximate surface area is 104 Å². The van der Waals surface area contributed by atoms with Crippen LogP contribution in [0.2, 0.25) is 0 Å². The maximum atomic E-state index is 11.2. The molecule has 0 aliphatic carbocycles. The van der Waals surface area contributed by atoms with Crippen LogP contribution in [0.5, 0.6) is 0 Å². The van der Waals surface area contributed by atoms with Gasteiger partial charge in [-0.2, -0.15) is 0 Å². The highest BCUT2D eigenvalue weighted by Gasteiger charge is 2.34. The Bertz CT molecular complexity index is 377. The second kappa shape index (κ2) is 4.91. The SMILES string of the molecule is CC(C)(Cc1ccccc1)CC(C)(C)C(=O)O. The summed E-state index contributed by atoms with van der Waals surface area (Å²) >= 11 is 0. The van der Waals surface area contributed by atoms with Crippen molar-refractivity contribution in [3.05, 3.63) is 35.9 Å². The third kappa shape index (κ3) is 4.22. The summed E-state index contributed by atoms with van der Waals surface area (Å²) < 4.78 is 0. The molecule has 94 valence electrons. The minimum atomic E-state index is -0.723. The molecular formula is C15H22O2. The highest BCUT2D eigenvalue weighted by molar-refractivity contribution is 5.73. The van der Waals surface area contributed by atoms with Crippen LogP contribution in [-0.4, -0.2) is 11.1 Å². The van der Waals surface area contributed by atoms with Gasteiger partial charge in [0, 0.05) is 0 Å². The third-order valence-corrected chi connectivity index (χ3v) is 3.02. The van der Waals surface area contributed by atoms with Crippen molar-refractivity contribution in [2.45, 2.75) is 40.5 Å². The van der Waals surface area contributed by atoms with Crippen molar-refractivity contribution in [2.75, 3.05) is 0 Å². The molecule has 0 bridgehead atoms. The molecule has 0 saturated carbocycles. The predicted molar refractivity (Wildman–Crippen MR) is 70.0 cm³/mol. The highest BCUT2D eigenvalue weighted by atomic mass is 16.4. The highest BCUT2D eigenvalue weighted by Crippen LogP contribution is 2.36. The van der Waals surface area contributed by atoms with E-state index in [0.29, 0.717) is 6.42 Å². The fourth-order valence-electron chi connectivity index (χ4n) is 2.48. The van der Waals surface area contributed by atoms with E-state index in [9.17, 15) is 9.90 Å². The molecular weight excluding hydrogens is 212 g/mol. The lowest BCUT2D eigenvalue weighted by Gasteiger charge is -2.32. The third-order valence-electron chi connectivity index (χ3n) is 3.02. The van der Waals surface area contributed by atoms with Gasteiger partial charge in [-0.25, -0.2) is 0 Å². The number of carboxylic acid groups (broad SMARTS) is 1. The fraction of sp³-hybridized carbons (Fsp3) is 0.533. The van der Waals surface area contributed by atoms with Gasteiger partial charge in [0.15, 0.2) is 0 Å². The molecule has 0 fully saturated rings. The zero-order valence-electron chi connectivity index (χ0n) is 11.2. The van der Waals surface area contributed by atoms with Crippen LogP contribution >= 0.6 is 0 Å². The molecule has 2 nitrogen and oxygen atoms in total. The van der Waals surface area contributed by atoms with E-state index < -0.39 is 11.4 Å². The summed E-state index contributed by atoms with van der Waals surface area (Å²) in [5, 5.41) is 9.17. The van der Waals surface area contributed by atoms with Crippen molar-refractivity contribution in [1.29, 1.82) is 0 Å².